The van der Waals surface area contributed by atoms with Crippen LogP contribution in [-0.2, 0) is 24.5 Å². The van der Waals surface area contributed by atoms with E-state index in [1.807, 2.05) is 89.6 Å². The van der Waals surface area contributed by atoms with E-state index in [2.05, 4.69) is 38.3 Å². The number of nitrogens with one attached hydrogen (secondary N) is 2. The Kier molecular flexibility index (Phi) is 15.4. The van der Waals surface area contributed by atoms with E-state index < -0.39 is 0 Å². The van der Waals surface area contributed by atoms with Gasteiger partial charge in [0.2, 0.25) is 5.91 Å². The Bertz CT molecular complexity index is 1600. The molecular weight excluding hydrogens is 624 g/mol. The van der Waals surface area contributed by atoms with Crippen LogP contribution >= 0.6 is 0 Å². The molecule has 1 unspecified atom stereocenters. The molecule has 50 heavy (non-hydrogen) atoms. The topological polar surface area (TPSA) is 94.5 Å². The number of carbonyl (C=O) groups is 2. The van der Waals surface area contributed by atoms with Crippen molar-refractivity contribution in [1.82, 2.24) is 20.4 Å². The second kappa shape index (κ2) is 20.2. The second-order valence-electron chi connectivity index (χ2n) is 13.7. The summed E-state index contributed by atoms with van der Waals surface area (Å²) in [4.78, 5) is 26.8. The van der Waals surface area contributed by atoms with E-state index in [0.717, 1.165) is 35.2 Å². The van der Waals surface area contributed by atoms with Crippen LogP contribution < -0.4 is 20.1 Å². The average Bonchev–Trinajstić information content (AvgIpc) is 3.54. The molecule has 1 aliphatic carbocycles. The van der Waals surface area contributed by atoms with Crippen molar-refractivity contribution in [3.05, 3.63) is 102 Å². The standard InChI is InChI=1S/C39H48N4O4.C3H8/c1-28(2)22-32(23-37(44)40-25-29-14-7-4-8-15-29)41-39(45)33-24-34(43(42-33)26-30-16-9-5-10-17-30)38-35(46-3)20-13-21-36(38)47-27-31-18-11-6-12-19-31;1-3-2/h4,6-8,11-15,18-21,24,28,30,32H,5,9-10,16-17,22-23,25-27H2,1-3H3,(H,40,44)(H,41,45);3H2,1-2H3. The normalized spacial score (nSPS) is 13.6. The molecular formula is C42H56N4O4. The third-order valence-corrected chi connectivity index (χ3v) is 8.73. The Morgan fingerprint density at radius 3 is 2.16 bits per heavy atom. The zero-order chi connectivity index (χ0) is 35.7. The molecule has 1 fully saturated rings. The van der Waals surface area contributed by atoms with Crippen molar-refractivity contribution in [2.45, 2.75) is 105 Å². The van der Waals surface area contributed by atoms with Gasteiger partial charge in [0, 0.05) is 25.6 Å². The predicted octanol–water partition coefficient (Wildman–Crippen LogP) is 8.99. The molecule has 8 heteroatoms. The number of amides is 2. The fourth-order valence-corrected chi connectivity index (χ4v) is 6.39. The van der Waals surface area contributed by atoms with Crippen LogP contribution in [0.5, 0.6) is 11.5 Å². The second-order valence-corrected chi connectivity index (χ2v) is 13.7. The first kappa shape index (κ1) is 38.2. The Morgan fingerprint density at radius 1 is 0.880 bits per heavy atom. The number of benzene rings is 3. The number of methoxy groups -OCH3 is 1. The Morgan fingerprint density at radius 2 is 1.52 bits per heavy atom. The summed E-state index contributed by atoms with van der Waals surface area (Å²) in [5.74, 6) is 1.69. The lowest BCUT2D eigenvalue weighted by atomic mass is 9.89. The molecule has 0 saturated heterocycles. The fourth-order valence-electron chi connectivity index (χ4n) is 6.39. The molecule has 5 rings (SSSR count). The maximum absolute atomic E-state index is 13.9. The third-order valence-electron chi connectivity index (χ3n) is 8.73. The van der Waals surface area contributed by atoms with Crippen LogP contribution in [0, 0.1) is 11.8 Å². The van der Waals surface area contributed by atoms with Crippen molar-refractivity contribution in [3.63, 3.8) is 0 Å². The van der Waals surface area contributed by atoms with E-state index in [4.69, 9.17) is 14.6 Å². The molecule has 1 atom stereocenters. The molecule has 0 bridgehead atoms. The van der Waals surface area contributed by atoms with Crippen LogP contribution in [0.2, 0.25) is 0 Å². The summed E-state index contributed by atoms with van der Waals surface area (Å²) in [6.07, 6.45) is 8.06. The number of hydrogen-bond donors (Lipinski definition) is 2. The van der Waals surface area contributed by atoms with Crippen molar-refractivity contribution in [3.8, 4) is 22.8 Å². The number of nitrogens with zero attached hydrogens (tertiary/aromatic N) is 2. The van der Waals surface area contributed by atoms with E-state index in [0.29, 0.717) is 55.1 Å². The maximum Gasteiger partial charge on any atom is 0.272 e. The maximum atomic E-state index is 13.9. The van der Waals surface area contributed by atoms with Gasteiger partial charge in [-0.15, -0.1) is 0 Å². The number of hydrogen-bond acceptors (Lipinski definition) is 5. The van der Waals surface area contributed by atoms with Gasteiger partial charge >= 0.3 is 0 Å². The lowest BCUT2D eigenvalue weighted by Gasteiger charge is -2.23. The first-order valence-electron chi connectivity index (χ1n) is 18.3. The molecule has 2 N–H and O–H groups in total. The average molecular weight is 681 g/mol. The molecule has 1 aromatic heterocycles. The van der Waals surface area contributed by atoms with E-state index in [1.54, 1.807) is 7.11 Å². The van der Waals surface area contributed by atoms with Gasteiger partial charge in [0.15, 0.2) is 5.69 Å². The van der Waals surface area contributed by atoms with Crippen molar-refractivity contribution in [2.24, 2.45) is 11.8 Å². The van der Waals surface area contributed by atoms with Gasteiger partial charge in [0.1, 0.15) is 18.1 Å². The van der Waals surface area contributed by atoms with Crippen LogP contribution in [0.15, 0.2) is 84.9 Å². The lowest BCUT2D eigenvalue weighted by molar-refractivity contribution is -0.121. The van der Waals surface area contributed by atoms with Crippen molar-refractivity contribution >= 4 is 11.8 Å². The van der Waals surface area contributed by atoms with E-state index in [1.165, 1.54) is 25.7 Å². The molecule has 1 saturated carbocycles. The molecule has 0 radical (unpaired) electrons. The van der Waals surface area contributed by atoms with Crippen LogP contribution in [-0.4, -0.2) is 34.7 Å². The zero-order valence-electron chi connectivity index (χ0n) is 30.6. The summed E-state index contributed by atoms with van der Waals surface area (Å²) in [5, 5.41) is 11.0. The first-order chi connectivity index (χ1) is 24.3. The predicted molar refractivity (Wildman–Crippen MR) is 201 cm³/mol. The van der Waals surface area contributed by atoms with Gasteiger partial charge in [-0.3, -0.25) is 14.3 Å². The Balaban J connectivity index is 0.00000181. The smallest absolute Gasteiger partial charge is 0.272 e. The summed E-state index contributed by atoms with van der Waals surface area (Å²) >= 11 is 0. The van der Waals surface area contributed by atoms with Crippen molar-refractivity contribution < 1.29 is 19.1 Å². The van der Waals surface area contributed by atoms with Gasteiger partial charge < -0.3 is 20.1 Å². The highest BCUT2D eigenvalue weighted by atomic mass is 16.5. The molecule has 0 spiro atoms. The monoisotopic (exact) mass is 680 g/mol. The molecule has 8 nitrogen and oxygen atoms in total. The first-order valence-corrected chi connectivity index (χ1v) is 18.3. The van der Waals surface area contributed by atoms with Crippen molar-refractivity contribution in [2.75, 3.05) is 7.11 Å². The molecule has 4 aromatic rings. The van der Waals surface area contributed by atoms with E-state index in [9.17, 15) is 9.59 Å². The molecule has 3 aromatic carbocycles. The highest BCUT2D eigenvalue weighted by molar-refractivity contribution is 5.94. The highest BCUT2D eigenvalue weighted by Crippen LogP contribution is 2.40. The number of aromatic nitrogens is 2. The minimum Gasteiger partial charge on any atom is -0.496 e. The van der Waals surface area contributed by atoms with Crippen LogP contribution in [0.1, 0.15) is 101 Å². The minimum absolute atomic E-state index is 0.0995. The Hall–Kier alpha value is -4.59. The lowest BCUT2D eigenvalue weighted by Crippen LogP contribution is -2.40. The SMILES string of the molecule is CCC.COc1cccc(OCc2ccccc2)c1-c1cc(C(=O)NC(CC(=O)NCc2ccccc2)CC(C)C)nn1CC1CCCCC1. The number of rotatable bonds is 15. The molecule has 0 aliphatic heterocycles. The quantitative estimate of drug-likeness (QED) is 0.131. The highest BCUT2D eigenvalue weighted by Gasteiger charge is 2.26. The summed E-state index contributed by atoms with van der Waals surface area (Å²) in [5.41, 5.74) is 3.95. The zero-order valence-corrected chi connectivity index (χ0v) is 30.6. The van der Waals surface area contributed by atoms with Gasteiger partial charge in [-0.2, -0.15) is 5.10 Å². The fraction of sp³-hybridized carbons (Fsp3) is 0.452. The molecule has 1 aliphatic rings. The minimum atomic E-state index is -0.332. The largest absolute Gasteiger partial charge is 0.496 e. The van der Waals surface area contributed by atoms with Gasteiger partial charge in [0.25, 0.3) is 5.91 Å². The number of carbonyl (C=O) groups excluding carboxylic acids is 2. The summed E-state index contributed by atoms with van der Waals surface area (Å²) in [6, 6.07) is 27.1. The van der Waals surface area contributed by atoms with Gasteiger partial charge in [0.05, 0.1) is 18.4 Å². The van der Waals surface area contributed by atoms with E-state index in [-0.39, 0.29) is 24.3 Å². The van der Waals surface area contributed by atoms with Crippen LogP contribution in [0.3, 0.4) is 0 Å². The number of ether oxygens (including phenoxy) is 2. The van der Waals surface area contributed by atoms with Crippen molar-refractivity contribution in [1.29, 1.82) is 0 Å². The summed E-state index contributed by atoms with van der Waals surface area (Å²) < 4.78 is 14.2. The van der Waals surface area contributed by atoms with Gasteiger partial charge in [-0.25, -0.2) is 0 Å². The molecule has 268 valence electrons. The van der Waals surface area contributed by atoms with Crippen LogP contribution in [0.25, 0.3) is 11.3 Å². The molecule has 1 heterocycles. The summed E-state index contributed by atoms with van der Waals surface area (Å²) in [7, 11) is 1.65. The third kappa shape index (κ3) is 11.8. The van der Waals surface area contributed by atoms with Crippen LogP contribution in [0.4, 0.5) is 0 Å². The van der Waals surface area contributed by atoms with Gasteiger partial charge in [-0.05, 0) is 60.4 Å². The van der Waals surface area contributed by atoms with E-state index >= 15 is 0 Å². The summed E-state index contributed by atoms with van der Waals surface area (Å²) in [6.45, 7) is 9.99. The Labute approximate surface area is 299 Å². The molecule has 2 amide bonds. The van der Waals surface area contributed by atoms with Gasteiger partial charge in [-0.1, -0.05) is 120 Å².